The zero-order valence-corrected chi connectivity index (χ0v) is 9.07. The Morgan fingerprint density at radius 1 is 1.36 bits per heavy atom. The van der Waals surface area contributed by atoms with Crippen LogP contribution in [-0.4, -0.2) is 4.83 Å². The Kier molecular flexibility index (Phi) is 8.48. The molecule has 1 heteroatoms. The highest BCUT2D eigenvalue weighted by Gasteiger charge is 2.00. The maximum Gasteiger partial charge on any atom is 0.0148 e. The molecule has 1 atom stereocenters. The molecule has 0 aliphatic heterocycles. The van der Waals surface area contributed by atoms with Crippen molar-refractivity contribution >= 4 is 15.9 Å². The van der Waals surface area contributed by atoms with Gasteiger partial charge in [0.2, 0.25) is 0 Å². The van der Waals surface area contributed by atoms with E-state index < -0.39 is 0 Å². The van der Waals surface area contributed by atoms with Crippen molar-refractivity contribution in [2.75, 3.05) is 0 Å². The van der Waals surface area contributed by atoms with Crippen LogP contribution in [0.4, 0.5) is 0 Å². The van der Waals surface area contributed by atoms with Gasteiger partial charge in [-0.25, -0.2) is 0 Å². The first kappa shape index (κ1) is 11.2. The topological polar surface area (TPSA) is 0 Å². The van der Waals surface area contributed by atoms with Crippen LogP contribution in [0.3, 0.4) is 0 Å². The van der Waals surface area contributed by atoms with E-state index in [4.69, 9.17) is 0 Å². The molecule has 0 aliphatic carbocycles. The minimum atomic E-state index is 0.715. The second kappa shape index (κ2) is 8.32. The van der Waals surface area contributed by atoms with E-state index in [2.05, 4.69) is 29.4 Å². The summed E-state index contributed by atoms with van der Waals surface area (Å²) < 4.78 is 0. The first-order chi connectivity index (χ1) is 5.31. The van der Waals surface area contributed by atoms with E-state index >= 15 is 0 Å². The van der Waals surface area contributed by atoms with E-state index in [1.807, 2.05) is 6.08 Å². The molecular weight excluding hydrogens is 200 g/mol. The third-order valence-corrected chi connectivity index (χ3v) is 2.72. The first-order valence-electron chi connectivity index (χ1n) is 4.56. The van der Waals surface area contributed by atoms with E-state index in [1.54, 1.807) is 0 Å². The Hall–Kier alpha value is 0.220. The van der Waals surface area contributed by atoms with Crippen LogP contribution in [0.2, 0.25) is 0 Å². The van der Waals surface area contributed by atoms with Gasteiger partial charge < -0.3 is 0 Å². The summed E-state index contributed by atoms with van der Waals surface area (Å²) in [6, 6.07) is 0. The number of rotatable bonds is 7. The van der Waals surface area contributed by atoms with Crippen molar-refractivity contribution in [1.82, 2.24) is 0 Å². The van der Waals surface area contributed by atoms with Crippen molar-refractivity contribution in [3.05, 3.63) is 12.7 Å². The summed E-state index contributed by atoms with van der Waals surface area (Å²) in [6.45, 7) is 5.95. The zero-order chi connectivity index (χ0) is 8.53. The zero-order valence-electron chi connectivity index (χ0n) is 7.48. The van der Waals surface area contributed by atoms with Crippen molar-refractivity contribution in [3.63, 3.8) is 0 Å². The highest BCUT2D eigenvalue weighted by molar-refractivity contribution is 9.09. The molecule has 0 amide bonds. The molecule has 0 heterocycles. The van der Waals surface area contributed by atoms with Crippen molar-refractivity contribution in [1.29, 1.82) is 0 Å². The van der Waals surface area contributed by atoms with Crippen LogP contribution in [0.1, 0.15) is 45.4 Å². The molecule has 0 bridgehead atoms. The lowest BCUT2D eigenvalue weighted by Crippen LogP contribution is -1.96. The van der Waals surface area contributed by atoms with Crippen LogP contribution >= 0.6 is 15.9 Å². The molecule has 11 heavy (non-hydrogen) atoms. The Labute approximate surface area is 79.2 Å². The fourth-order valence-electron chi connectivity index (χ4n) is 1.06. The van der Waals surface area contributed by atoms with Gasteiger partial charge in [0.25, 0.3) is 0 Å². The number of allylic oxidation sites excluding steroid dienone is 1. The van der Waals surface area contributed by atoms with Gasteiger partial charge in [0.05, 0.1) is 0 Å². The molecule has 0 radical (unpaired) electrons. The fourth-order valence-corrected chi connectivity index (χ4v) is 1.65. The van der Waals surface area contributed by atoms with Gasteiger partial charge >= 0.3 is 0 Å². The average Bonchev–Trinajstić information content (AvgIpc) is 2.01. The molecule has 0 nitrogen and oxygen atoms in total. The quantitative estimate of drug-likeness (QED) is 0.340. The number of alkyl halides is 1. The molecule has 0 spiro atoms. The summed E-state index contributed by atoms with van der Waals surface area (Å²) in [7, 11) is 0. The molecular formula is C10H19Br. The van der Waals surface area contributed by atoms with Gasteiger partial charge in [-0.2, -0.15) is 0 Å². The van der Waals surface area contributed by atoms with Crippen LogP contribution in [0.25, 0.3) is 0 Å². The van der Waals surface area contributed by atoms with Crippen LogP contribution in [0, 0.1) is 0 Å². The van der Waals surface area contributed by atoms with Gasteiger partial charge in [0.1, 0.15) is 0 Å². The molecule has 0 saturated heterocycles. The van der Waals surface area contributed by atoms with E-state index in [0.29, 0.717) is 4.83 Å². The van der Waals surface area contributed by atoms with Gasteiger partial charge in [0, 0.05) is 4.83 Å². The molecule has 0 aliphatic rings. The van der Waals surface area contributed by atoms with Crippen LogP contribution < -0.4 is 0 Å². The van der Waals surface area contributed by atoms with Gasteiger partial charge in [-0.15, -0.1) is 6.58 Å². The SMILES string of the molecule is C=CCCC(Br)CCCCC. The van der Waals surface area contributed by atoms with Crippen molar-refractivity contribution in [3.8, 4) is 0 Å². The van der Waals surface area contributed by atoms with Crippen LogP contribution in [-0.2, 0) is 0 Å². The monoisotopic (exact) mass is 218 g/mol. The molecule has 0 rings (SSSR count). The summed E-state index contributed by atoms with van der Waals surface area (Å²) in [5, 5.41) is 0. The smallest absolute Gasteiger partial charge is 0.0148 e. The molecule has 0 N–H and O–H groups in total. The molecule has 0 aromatic heterocycles. The second-order valence-electron chi connectivity index (χ2n) is 2.96. The maximum atomic E-state index is 3.71. The molecule has 0 aromatic rings. The summed E-state index contributed by atoms with van der Waals surface area (Å²) in [6.07, 6.45) is 9.76. The molecule has 0 aromatic carbocycles. The van der Waals surface area contributed by atoms with Gasteiger partial charge in [0.15, 0.2) is 0 Å². The summed E-state index contributed by atoms with van der Waals surface area (Å²) in [5.74, 6) is 0. The van der Waals surface area contributed by atoms with E-state index in [-0.39, 0.29) is 0 Å². The predicted molar refractivity (Wildman–Crippen MR) is 56.3 cm³/mol. The lowest BCUT2D eigenvalue weighted by molar-refractivity contribution is 0.629. The molecule has 1 unspecified atom stereocenters. The molecule has 66 valence electrons. The summed E-state index contributed by atoms with van der Waals surface area (Å²) in [4.78, 5) is 0.715. The first-order valence-corrected chi connectivity index (χ1v) is 5.47. The average molecular weight is 219 g/mol. The minimum Gasteiger partial charge on any atom is -0.103 e. The largest absolute Gasteiger partial charge is 0.103 e. The van der Waals surface area contributed by atoms with Gasteiger partial charge in [-0.05, 0) is 19.3 Å². The highest BCUT2D eigenvalue weighted by Crippen LogP contribution is 2.16. The normalized spacial score (nSPS) is 12.9. The highest BCUT2D eigenvalue weighted by atomic mass is 79.9. The Bertz CT molecular complexity index is 88.9. The minimum absolute atomic E-state index is 0.715. The number of hydrogen-bond acceptors (Lipinski definition) is 0. The van der Waals surface area contributed by atoms with Crippen molar-refractivity contribution in [2.24, 2.45) is 0 Å². The Morgan fingerprint density at radius 2 is 2.09 bits per heavy atom. The van der Waals surface area contributed by atoms with Crippen molar-refractivity contribution in [2.45, 2.75) is 50.3 Å². The van der Waals surface area contributed by atoms with Gasteiger partial charge in [-0.1, -0.05) is 48.2 Å². The summed E-state index contributed by atoms with van der Waals surface area (Å²) in [5.41, 5.74) is 0. The predicted octanol–water partition coefficient (Wildman–Crippen LogP) is 4.30. The maximum absolute atomic E-state index is 3.71. The third kappa shape index (κ3) is 8.12. The van der Waals surface area contributed by atoms with Gasteiger partial charge in [-0.3, -0.25) is 0 Å². The number of unbranched alkanes of at least 4 members (excludes halogenated alkanes) is 2. The Morgan fingerprint density at radius 3 is 2.64 bits per heavy atom. The molecule has 0 saturated carbocycles. The Balaban J connectivity index is 3.08. The van der Waals surface area contributed by atoms with Crippen molar-refractivity contribution < 1.29 is 0 Å². The summed E-state index contributed by atoms with van der Waals surface area (Å²) >= 11 is 3.66. The van der Waals surface area contributed by atoms with E-state index in [0.717, 1.165) is 6.42 Å². The lowest BCUT2D eigenvalue weighted by Gasteiger charge is -2.06. The number of hydrogen-bond donors (Lipinski definition) is 0. The lowest BCUT2D eigenvalue weighted by atomic mass is 10.1. The van der Waals surface area contributed by atoms with E-state index in [1.165, 1.54) is 32.1 Å². The second-order valence-corrected chi connectivity index (χ2v) is 4.25. The number of halogens is 1. The standard InChI is InChI=1S/C10H19Br/c1-3-5-7-9-10(11)8-6-4-2/h4,10H,2-3,5-9H2,1H3. The van der Waals surface area contributed by atoms with E-state index in [9.17, 15) is 0 Å². The van der Waals surface area contributed by atoms with Crippen LogP contribution in [0.5, 0.6) is 0 Å². The third-order valence-electron chi connectivity index (χ3n) is 1.80. The fraction of sp³-hybridized carbons (Fsp3) is 0.800. The molecule has 0 fully saturated rings. The van der Waals surface area contributed by atoms with Crippen LogP contribution in [0.15, 0.2) is 12.7 Å².